The topological polar surface area (TPSA) is 124 Å². The first kappa shape index (κ1) is 34.0. The zero-order valence-corrected chi connectivity index (χ0v) is 29.7. The largest absolute Gasteiger partial charge is 0.507 e. The summed E-state index contributed by atoms with van der Waals surface area (Å²) in [5, 5.41) is 61.1. The third kappa shape index (κ3) is 5.56. The van der Waals surface area contributed by atoms with Crippen LogP contribution in [0.4, 0.5) is 28.4 Å². The van der Waals surface area contributed by atoms with Crippen molar-refractivity contribution >= 4 is 67.0 Å². The number of ketones is 1. The Morgan fingerprint density at radius 1 is 0.482 bits per heavy atom. The summed E-state index contributed by atoms with van der Waals surface area (Å²) in [6.07, 6.45) is 2.84. The van der Waals surface area contributed by atoms with Gasteiger partial charge in [0, 0.05) is 41.4 Å². The van der Waals surface area contributed by atoms with Crippen LogP contribution in [0.15, 0.2) is 198 Å². The van der Waals surface area contributed by atoms with E-state index in [9.17, 15) is 30.3 Å². The maximum Gasteiger partial charge on any atom is 0.219 e. The number of phenolic OH excluding ortho intramolecular Hbond substituents is 2. The van der Waals surface area contributed by atoms with Crippen LogP contribution in [-0.2, 0) is 4.79 Å². The fourth-order valence-corrected chi connectivity index (χ4v) is 7.65. The molecule has 0 atom stereocenters. The van der Waals surface area contributed by atoms with Gasteiger partial charge in [-0.1, -0.05) is 103 Å². The first-order valence-corrected chi connectivity index (χ1v) is 17.9. The number of hydrogen-bond donors (Lipinski definition) is 5. The fourth-order valence-electron chi connectivity index (χ4n) is 7.65. The quantitative estimate of drug-likeness (QED) is 0.0851. The Morgan fingerprint density at radius 3 is 1.66 bits per heavy atom. The zero-order valence-electron chi connectivity index (χ0n) is 29.7. The summed E-state index contributed by atoms with van der Waals surface area (Å²) in [6.45, 7) is 0. The summed E-state index contributed by atoms with van der Waals surface area (Å²) >= 11 is 0. The van der Waals surface area contributed by atoms with Crippen molar-refractivity contribution in [3.63, 3.8) is 0 Å². The lowest BCUT2D eigenvalue weighted by Gasteiger charge is -2.29. The van der Waals surface area contributed by atoms with E-state index in [1.165, 1.54) is 24.3 Å². The molecule has 0 spiro atoms. The molecule has 0 aliphatic heterocycles. The maximum atomic E-state index is 13.9. The van der Waals surface area contributed by atoms with Crippen LogP contribution in [0.1, 0.15) is 5.56 Å². The van der Waals surface area contributed by atoms with Crippen LogP contribution in [0.5, 0.6) is 11.5 Å². The van der Waals surface area contributed by atoms with Gasteiger partial charge in [0.05, 0.1) is 51.2 Å². The van der Waals surface area contributed by atoms with Crippen LogP contribution in [-0.4, -0.2) is 37.0 Å². The minimum absolute atomic E-state index is 0.271. The number of anilines is 3. The molecular weight excluding hydrogens is 701 g/mol. The summed E-state index contributed by atoms with van der Waals surface area (Å²) in [5.41, 5.74) is 2.68. The molecule has 0 fully saturated rings. The molecule has 0 saturated heterocycles. The van der Waals surface area contributed by atoms with Gasteiger partial charge in [-0.15, -0.1) is 0 Å². The van der Waals surface area contributed by atoms with Crippen molar-refractivity contribution in [1.82, 2.24) is 4.58 Å². The number of aliphatic hydroxyl groups excluding tert-OH is 3. The maximum absolute atomic E-state index is 13.9. The Labute approximate surface area is 321 Å². The highest BCUT2D eigenvalue weighted by Crippen LogP contribution is 2.50. The van der Waals surface area contributed by atoms with Crippen molar-refractivity contribution in [1.29, 1.82) is 0 Å². The molecule has 2 aliphatic rings. The molecule has 0 aromatic heterocycles. The molecule has 9 rings (SSSR count). The number of hydrogen-bond acceptors (Lipinski definition) is 7. The second-order valence-corrected chi connectivity index (χ2v) is 13.5. The van der Waals surface area contributed by atoms with E-state index >= 15 is 0 Å². The van der Waals surface area contributed by atoms with Gasteiger partial charge in [0.25, 0.3) is 0 Å². The van der Waals surface area contributed by atoms with Crippen LogP contribution in [0, 0.1) is 0 Å². The molecule has 7 aromatic rings. The Kier molecular flexibility index (Phi) is 8.21. The van der Waals surface area contributed by atoms with Crippen LogP contribution in [0.2, 0.25) is 0 Å². The molecule has 270 valence electrons. The number of carbonyl (C=O) groups excluding carboxylic acids is 1. The number of nitrogens with zero attached hydrogens (tertiary/aromatic N) is 2. The van der Waals surface area contributed by atoms with E-state index in [4.69, 9.17) is 0 Å². The predicted octanol–water partition coefficient (Wildman–Crippen LogP) is 10.9. The number of benzene rings is 7. The van der Waals surface area contributed by atoms with E-state index in [1.807, 2.05) is 155 Å². The molecule has 56 heavy (non-hydrogen) atoms. The van der Waals surface area contributed by atoms with Gasteiger partial charge in [0.2, 0.25) is 22.9 Å². The smallest absolute Gasteiger partial charge is 0.219 e. The first-order chi connectivity index (χ1) is 27.3. The second kappa shape index (κ2) is 13.5. The van der Waals surface area contributed by atoms with Crippen LogP contribution in [0.3, 0.4) is 0 Å². The average Bonchev–Trinajstić information content (AvgIpc) is 3.22. The van der Waals surface area contributed by atoms with E-state index < -0.39 is 34.6 Å². The van der Waals surface area contributed by atoms with Crippen molar-refractivity contribution in [3.05, 3.63) is 204 Å². The van der Waals surface area contributed by atoms with E-state index in [2.05, 4.69) is 0 Å². The normalized spacial score (nSPS) is 14.1. The lowest BCUT2D eigenvalue weighted by atomic mass is 9.78. The van der Waals surface area contributed by atoms with Gasteiger partial charge in [-0.05, 0) is 35.0 Å². The monoisotopic (exact) mass is 733 g/mol. The molecule has 0 unspecified atom stereocenters. The molecule has 8 heteroatoms. The molecule has 0 amide bonds. The van der Waals surface area contributed by atoms with Gasteiger partial charge in [0.1, 0.15) is 28.8 Å². The van der Waals surface area contributed by atoms with Crippen molar-refractivity contribution in [3.8, 4) is 11.5 Å². The highest BCUT2D eigenvalue weighted by molar-refractivity contribution is 6.40. The lowest BCUT2D eigenvalue weighted by molar-refractivity contribution is -0.111. The van der Waals surface area contributed by atoms with Crippen LogP contribution in [0.25, 0.3) is 27.1 Å². The van der Waals surface area contributed by atoms with E-state index in [1.54, 1.807) is 0 Å². The highest BCUT2D eigenvalue weighted by atomic mass is 16.3. The molecule has 2 aliphatic carbocycles. The second-order valence-electron chi connectivity index (χ2n) is 13.5. The zero-order chi connectivity index (χ0) is 38.5. The molecule has 0 radical (unpaired) electrons. The van der Waals surface area contributed by atoms with Crippen LogP contribution >= 0.6 is 0 Å². The number of phenols is 2. The van der Waals surface area contributed by atoms with Gasteiger partial charge < -0.3 is 30.4 Å². The van der Waals surface area contributed by atoms with Gasteiger partial charge in [-0.25, -0.2) is 0 Å². The summed E-state index contributed by atoms with van der Waals surface area (Å²) < 4.78 is 1.88. The van der Waals surface area contributed by atoms with E-state index in [-0.39, 0.29) is 22.3 Å². The number of carbonyl (C=O) groups is 1. The third-order valence-corrected chi connectivity index (χ3v) is 10.2. The van der Waals surface area contributed by atoms with Gasteiger partial charge in [-0.2, -0.15) is 4.58 Å². The molecule has 0 bridgehead atoms. The number of aromatic hydroxyl groups is 2. The van der Waals surface area contributed by atoms with Crippen molar-refractivity contribution in [2.75, 3.05) is 4.90 Å². The number of allylic oxidation sites excluding steroid dienone is 4. The third-order valence-electron chi connectivity index (χ3n) is 10.2. The van der Waals surface area contributed by atoms with Gasteiger partial charge >= 0.3 is 0 Å². The van der Waals surface area contributed by atoms with Gasteiger partial charge in [-0.3, -0.25) is 4.79 Å². The fraction of sp³-hybridized carbons (Fsp3) is 0. The summed E-state index contributed by atoms with van der Waals surface area (Å²) in [5.74, 6) is -3.17. The highest BCUT2D eigenvalue weighted by Gasteiger charge is 2.43. The predicted molar refractivity (Wildman–Crippen MR) is 222 cm³/mol. The number of aliphatic hydroxyl groups is 3. The molecule has 7 aromatic carbocycles. The van der Waals surface area contributed by atoms with Gasteiger partial charge in [0.15, 0.2) is 0 Å². The van der Waals surface area contributed by atoms with Crippen molar-refractivity contribution in [2.45, 2.75) is 0 Å². The van der Waals surface area contributed by atoms with Crippen LogP contribution < -0.4 is 9.48 Å². The summed E-state index contributed by atoms with van der Waals surface area (Å²) in [7, 11) is 0. The minimum atomic E-state index is -0.776. The lowest BCUT2D eigenvalue weighted by Crippen LogP contribution is -2.26. The standard InChI is InChI=1S/C48H32N2O6/c51-39-25-33(49(31-17-3-1-4-18-31)37-23-11-15-29-13-7-9-21-35(29)37)26-40(52)43(39)45-47(55)46(48(45)56)44-41(53)27-34(28-42(44)54)50(32-19-5-2-6-20-32)38-24-12-16-30-14-8-10-22-36(30)38/h1-28H,(H4,51,52,53,54,55,56)/p+1. The average molecular weight is 734 g/mol. The molecule has 8 nitrogen and oxygen atoms in total. The Hall–Kier alpha value is -7.84. The molecular formula is C48H33N2O6+. The Balaban J connectivity index is 1.14. The molecule has 0 saturated carbocycles. The number of Topliss-reactive ketones (excluding diaryl/α,β-unsaturated/α-hetero) is 1. The first-order valence-electron chi connectivity index (χ1n) is 17.9. The van der Waals surface area contributed by atoms with E-state index in [0.29, 0.717) is 11.4 Å². The number of rotatable bonds is 6. The van der Waals surface area contributed by atoms with Crippen molar-refractivity contribution in [2.24, 2.45) is 0 Å². The number of fused-ring (bicyclic) bond motifs is 2. The molecule has 5 N–H and O–H groups in total. The Morgan fingerprint density at radius 2 is 1.02 bits per heavy atom. The summed E-state index contributed by atoms with van der Waals surface area (Å²) in [4.78, 5) is 15.8. The number of para-hydroxylation sites is 2. The summed E-state index contributed by atoms with van der Waals surface area (Å²) in [6, 6.07) is 49.2. The molecule has 0 heterocycles. The van der Waals surface area contributed by atoms with E-state index in [0.717, 1.165) is 44.3 Å². The SMILES string of the molecule is O=C1C(=C2C(O)=CC(=[N+](c3ccccc3)c3cccc4ccccc34)C=C2O)C(O)=C1c1c(O)cc(N(c2ccccc2)c2cccc3ccccc23)cc1O. The minimum Gasteiger partial charge on any atom is -0.507 e. The van der Waals surface area contributed by atoms with Crippen molar-refractivity contribution < 1.29 is 30.3 Å². The Bertz CT molecular complexity index is 2870.